The summed E-state index contributed by atoms with van der Waals surface area (Å²) in [4.78, 5) is 17.2. The van der Waals surface area contributed by atoms with E-state index < -0.39 is 5.41 Å². The van der Waals surface area contributed by atoms with E-state index in [0.717, 1.165) is 5.56 Å². The van der Waals surface area contributed by atoms with Gasteiger partial charge < -0.3 is 5.73 Å². The molecule has 0 heterocycles. The number of nitrogen functional groups attached to an aromatic ring is 1. The van der Waals surface area contributed by atoms with E-state index in [1.165, 1.54) is 0 Å². The molecular weight excluding hydrogens is 228 g/mol. The van der Waals surface area contributed by atoms with Gasteiger partial charge in [-0.15, -0.1) is 0 Å². The maximum atomic E-state index is 12.1. The molecule has 1 amide bonds. The van der Waals surface area contributed by atoms with E-state index in [9.17, 15) is 4.79 Å². The topological polar surface area (TPSA) is 64.3 Å². The largest absolute Gasteiger partial charge is 0.399 e. The summed E-state index contributed by atoms with van der Waals surface area (Å²) in [5, 5.41) is 0. The van der Waals surface area contributed by atoms with Crippen LogP contribution in [-0.2, 0) is 15.0 Å². The lowest BCUT2D eigenvalue weighted by Gasteiger charge is -2.24. The lowest BCUT2D eigenvalue weighted by atomic mass is 9.84. The van der Waals surface area contributed by atoms with Crippen molar-refractivity contribution in [3.05, 3.63) is 29.8 Å². The Kier molecular flexibility index (Phi) is 4.73. The van der Waals surface area contributed by atoms with Gasteiger partial charge in [0.2, 0.25) is 0 Å². The second-order valence-corrected chi connectivity index (χ2v) is 5.38. The number of nitrogens with one attached hydrogen (secondary N) is 1. The predicted molar refractivity (Wildman–Crippen MR) is 72.8 cm³/mol. The van der Waals surface area contributed by atoms with Crippen LogP contribution in [0, 0.1) is 5.92 Å². The van der Waals surface area contributed by atoms with Crippen LogP contribution < -0.4 is 11.2 Å². The van der Waals surface area contributed by atoms with Gasteiger partial charge in [-0.05, 0) is 37.5 Å². The van der Waals surface area contributed by atoms with Crippen LogP contribution >= 0.6 is 0 Å². The minimum atomic E-state index is -0.648. The molecule has 0 fully saturated rings. The number of nitrogens with two attached hydrogens (primary N) is 1. The van der Waals surface area contributed by atoms with Crippen LogP contribution in [0.15, 0.2) is 24.3 Å². The molecule has 18 heavy (non-hydrogen) atoms. The second-order valence-electron chi connectivity index (χ2n) is 5.38. The zero-order valence-corrected chi connectivity index (χ0v) is 11.5. The third kappa shape index (κ3) is 3.74. The van der Waals surface area contributed by atoms with E-state index in [1.807, 2.05) is 39.8 Å². The van der Waals surface area contributed by atoms with Crippen LogP contribution in [0.25, 0.3) is 0 Å². The van der Waals surface area contributed by atoms with Crippen LogP contribution in [0.5, 0.6) is 0 Å². The van der Waals surface area contributed by atoms with Crippen molar-refractivity contribution in [3.8, 4) is 0 Å². The number of anilines is 1. The average Bonchev–Trinajstić information content (AvgIpc) is 2.28. The van der Waals surface area contributed by atoms with Gasteiger partial charge in [-0.25, -0.2) is 5.48 Å². The van der Waals surface area contributed by atoms with Crippen LogP contribution in [-0.4, -0.2) is 12.5 Å². The van der Waals surface area contributed by atoms with Crippen molar-refractivity contribution in [1.82, 2.24) is 5.48 Å². The molecule has 1 aromatic carbocycles. The maximum absolute atomic E-state index is 12.1. The van der Waals surface area contributed by atoms with E-state index in [2.05, 4.69) is 5.48 Å². The zero-order chi connectivity index (χ0) is 13.8. The molecule has 1 rings (SSSR count). The molecule has 0 aromatic heterocycles. The Morgan fingerprint density at radius 1 is 1.33 bits per heavy atom. The SMILES string of the molecule is CC(C)CONC(=O)C(C)(C)c1ccc(N)cc1. The first-order valence-corrected chi connectivity index (χ1v) is 6.12. The average molecular weight is 250 g/mol. The summed E-state index contributed by atoms with van der Waals surface area (Å²) < 4.78 is 0. The molecular formula is C14H22N2O2. The molecule has 0 spiro atoms. The summed E-state index contributed by atoms with van der Waals surface area (Å²) in [5.41, 5.74) is 9.07. The smallest absolute Gasteiger partial charge is 0.253 e. The highest BCUT2D eigenvalue weighted by atomic mass is 16.7. The Labute approximate surface area is 108 Å². The zero-order valence-electron chi connectivity index (χ0n) is 11.5. The van der Waals surface area contributed by atoms with Crippen molar-refractivity contribution in [2.24, 2.45) is 5.92 Å². The van der Waals surface area contributed by atoms with Gasteiger partial charge in [-0.1, -0.05) is 26.0 Å². The lowest BCUT2D eigenvalue weighted by Crippen LogP contribution is -2.40. The van der Waals surface area contributed by atoms with Crippen molar-refractivity contribution in [2.75, 3.05) is 12.3 Å². The van der Waals surface area contributed by atoms with Gasteiger partial charge in [0.1, 0.15) is 0 Å². The first-order valence-electron chi connectivity index (χ1n) is 6.12. The standard InChI is InChI=1S/C14H22N2O2/c1-10(2)9-18-16-13(17)14(3,4)11-5-7-12(15)8-6-11/h5-8,10H,9,15H2,1-4H3,(H,16,17). The summed E-state index contributed by atoms with van der Waals surface area (Å²) >= 11 is 0. The van der Waals surface area contributed by atoms with E-state index >= 15 is 0 Å². The summed E-state index contributed by atoms with van der Waals surface area (Å²) in [5.74, 6) is 0.220. The third-order valence-corrected chi connectivity index (χ3v) is 2.78. The molecule has 0 bridgehead atoms. The Hall–Kier alpha value is -1.55. The third-order valence-electron chi connectivity index (χ3n) is 2.78. The van der Waals surface area contributed by atoms with Gasteiger partial charge >= 0.3 is 0 Å². The van der Waals surface area contributed by atoms with Crippen molar-refractivity contribution in [1.29, 1.82) is 0 Å². The number of hydrogen-bond donors (Lipinski definition) is 2. The highest BCUT2D eigenvalue weighted by molar-refractivity contribution is 5.86. The number of hydrogen-bond acceptors (Lipinski definition) is 3. The van der Waals surface area contributed by atoms with Crippen molar-refractivity contribution in [2.45, 2.75) is 33.1 Å². The van der Waals surface area contributed by atoms with Gasteiger partial charge in [0.15, 0.2) is 0 Å². The second kappa shape index (κ2) is 5.87. The van der Waals surface area contributed by atoms with Gasteiger partial charge in [0.25, 0.3) is 5.91 Å². The highest BCUT2D eigenvalue weighted by Gasteiger charge is 2.29. The predicted octanol–water partition coefficient (Wildman–Crippen LogP) is 2.25. The van der Waals surface area contributed by atoms with Crippen LogP contribution in [0.1, 0.15) is 33.3 Å². The Morgan fingerprint density at radius 3 is 2.39 bits per heavy atom. The van der Waals surface area contributed by atoms with Crippen LogP contribution in [0.4, 0.5) is 5.69 Å². The van der Waals surface area contributed by atoms with Crippen molar-refractivity contribution < 1.29 is 9.63 Å². The van der Waals surface area contributed by atoms with Gasteiger partial charge in [0, 0.05) is 5.69 Å². The molecule has 3 N–H and O–H groups in total. The molecule has 4 heteroatoms. The fourth-order valence-corrected chi connectivity index (χ4v) is 1.43. The van der Waals surface area contributed by atoms with E-state index in [0.29, 0.717) is 18.2 Å². The molecule has 0 saturated heterocycles. The molecule has 4 nitrogen and oxygen atoms in total. The monoisotopic (exact) mass is 250 g/mol. The normalized spacial score (nSPS) is 11.6. The number of benzene rings is 1. The quantitative estimate of drug-likeness (QED) is 0.622. The molecule has 0 atom stereocenters. The van der Waals surface area contributed by atoms with Crippen LogP contribution in [0.2, 0.25) is 0 Å². The number of hydroxylamine groups is 1. The van der Waals surface area contributed by atoms with Crippen molar-refractivity contribution in [3.63, 3.8) is 0 Å². The minimum Gasteiger partial charge on any atom is -0.399 e. The lowest BCUT2D eigenvalue weighted by molar-refractivity contribution is -0.139. The minimum absolute atomic E-state index is 0.159. The van der Waals surface area contributed by atoms with Crippen molar-refractivity contribution >= 4 is 11.6 Å². The summed E-state index contributed by atoms with van der Waals surface area (Å²) in [6.45, 7) is 8.26. The summed E-state index contributed by atoms with van der Waals surface area (Å²) in [6, 6.07) is 7.30. The molecule has 0 aliphatic carbocycles. The fourth-order valence-electron chi connectivity index (χ4n) is 1.43. The number of rotatable bonds is 5. The first-order chi connectivity index (χ1) is 8.34. The number of carbonyl (C=O) groups is 1. The van der Waals surface area contributed by atoms with Gasteiger partial charge in [-0.2, -0.15) is 0 Å². The molecule has 0 aliphatic heterocycles. The van der Waals surface area contributed by atoms with E-state index in [1.54, 1.807) is 12.1 Å². The van der Waals surface area contributed by atoms with Gasteiger partial charge in [0.05, 0.1) is 12.0 Å². The molecule has 100 valence electrons. The number of amides is 1. The highest BCUT2D eigenvalue weighted by Crippen LogP contribution is 2.24. The number of carbonyl (C=O) groups excluding carboxylic acids is 1. The molecule has 0 saturated carbocycles. The Balaban J connectivity index is 2.67. The molecule has 0 radical (unpaired) electrons. The fraction of sp³-hybridized carbons (Fsp3) is 0.500. The summed E-state index contributed by atoms with van der Waals surface area (Å²) in [7, 11) is 0. The van der Waals surface area contributed by atoms with Gasteiger partial charge in [-0.3, -0.25) is 9.63 Å². The van der Waals surface area contributed by atoms with E-state index in [-0.39, 0.29) is 5.91 Å². The molecule has 0 unspecified atom stereocenters. The van der Waals surface area contributed by atoms with Crippen LogP contribution in [0.3, 0.4) is 0 Å². The molecule has 1 aromatic rings. The Bertz CT molecular complexity index is 397. The maximum Gasteiger partial charge on any atom is 0.253 e. The Morgan fingerprint density at radius 2 is 1.89 bits per heavy atom. The first kappa shape index (κ1) is 14.5. The summed E-state index contributed by atoms with van der Waals surface area (Å²) in [6.07, 6.45) is 0. The molecule has 0 aliphatic rings. The van der Waals surface area contributed by atoms with E-state index in [4.69, 9.17) is 10.6 Å².